The van der Waals surface area contributed by atoms with Gasteiger partial charge in [0.15, 0.2) is 0 Å². The summed E-state index contributed by atoms with van der Waals surface area (Å²) in [5, 5.41) is 49.9. The Hall–Kier alpha value is -5.92. The molecule has 2 aromatic carbocycles. The topological polar surface area (TPSA) is 255 Å². The molecule has 4 bridgehead atoms. The van der Waals surface area contributed by atoms with Crippen molar-refractivity contribution in [1.82, 2.24) is 31.1 Å². The average Bonchev–Trinajstić information content (AvgIpc) is 3.26. The van der Waals surface area contributed by atoms with Gasteiger partial charge in [0.25, 0.3) is 0 Å². The van der Waals surface area contributed by atoms with Crippen molar-refractivity contribution in [2.24, 2.45) is 0 Å². The second kappa shape index (κ2) is 26.9. The standard InChI is InChI=1S/C46H65F3N6O11/c1-4-5-6-7-8-9-10-11-12-13-14-15-16-17-39(60)54(2)35(28-56)43(63)51-26-38(59)50-27-40(61)55(3)41-30-19-21-37(58)32(24-30)31-22-29(18-20-36(31)57)23-33(45(65)66)52-42(62)34(53-44(41)64)25-46(47,48)49/h18-22,24,33-35,41,56-58H,4-17,23,25-28H2,1-3H3,(H,50,59)(H,51,63)(H,52,62)(H,53,64)(H,65,66). The zero-order valence-corrected chi connectivity index (χ0v) is 37.9. The minimum atomic E-state index is -5.04. The summed E-state index contributed by atoms with van der Waals surface area (Å²) in [7, 11) is 2.44. The van der Waals surface area contributed by atoms with Gasteiger partial charge in [0, 0.05) is 38.1 Å². The van der Waals surface area contributed by atoms with E-state index in [0.717, 1.165) is 48.6 Å². The summed E-state index contributed by atoms with van der Waals surface area (Å²) in [4.78, 5) is 93.3. The van der Waals surface area contributed by atoms with Crippen molar-refractivity contribution in [1.29, 1.82) is 0 Å². The second-order valence-corrected chi connectivity index (χ2v) is 16.7. The molecular weight excluding hydrogens is 870 g/mol. The van der Waals surface area contributed by atoms with Crippen LogP contribution in [-0.2, 0) is 40.0 Å². The molecule has 17 nitrogen and oxygen atoms in total. The number of aliphatic carboxylic acids is 1. The van der Waals surface area contributed by atoms with Crippen LogP contribution in [0.2, 0.25) is 0 Å². The van der Waals surface area contributed by atoms with Crippen molar-refractivity contribution in [2.45, 2.75) is 140 Å². The Morgan fingerprint density at radius 1 is 0.758 bits per heavy atom. The predicted molar refractivity (Wildman–Crippen MR) is 237 cm³/mol. The number of phenols is 2. The third-order valence-electron chi connectivity index (χ3n) is 11.5. The number of carbonyl (C=O) groups excluding carboxylic acids is 6. The van der Waals surface area contributed by atoms with E-state index in [9.17, 15) is 67.2 Å². The molecule has 0 radical (unpaired) electrons. The molecule has 8 N–H and O–H groups in total. The third kappa shape index (κ3) is 17.5. The van der Waals surface area contributed by atoms with Crippen molar-refractivity contribution in [2.75, 3.05) is 33.8 Å². The number of benzene rings is 2. The molecule has 4 atom stereocenters. The zero-order chi connectivity index (χ0) is 49.0. The molecule has 0 saturated heterocycles. The van der Waals surface area contributed by atoms with Gasteiger partial charge in [0.2, 0.25) is 35.4 Å². The lowest BCUT2D eigenvalue weighted by Gasteiger charge is -2.31. The first-order valence-electron chi connectivity index (χ1n) is 22.5. The Balaban J connectivity index is 1.65. The first kappa shape index (κ1) is 54.4. The van der Waals surface area contributed by atoms with Gasteiger partial charge in [-0.1, -0.05) is 96.1 Å². The fourth-order valence-corrected chi connectivity index (χ4v) is 7.63. The predicted octanol–water partition coefficient (Wildman–Crippen LogP) is 4.36. The second-order valence-electron chi connectivity index (χ2n) is 16.7. The summed E-state index contributed by atoms with van der Waals surface area (Å²) in [6.07, 6.45) is 7.48. The number of aromatic hydroxyl groups is 2. The maximum absolute atomic E-state index is 13.9. The van der Waals surface area contributed by atoms with Gasteiger partial charge in [-0.15, -0.1) is 0 Å². The molecule has 3 rings (SSSR count). The number of phenolic OH excluding ortho intramolecular Hbond substituents is 2. The fraction of sp³-hybridized carbons (Fsp3) is 0.587. The van der Waals surface area contributed by atoms with E-state index in [-0.39, 0.29) is 34.6 Å². The quantitative estimate of drug-likeness (QED) is 0.0687. The summed E-state index contributed by atoms with van der Waals surface area (Å²) in [6, 6.07) is -0.127. The minimum absolute atomic E-state index is 0.0504. The number of halogens is 3. The number of hydrogen-bond acceptors (Lipinski definition) is 10. The lowest BCUT2D eigenvalue weighted by molar-refractivity contribution is -0.154. The van der Waals surface area contributed by atoms with Crippen molar-refractivity contribution in [3.05, 3.63) is 47.5 Å². The smallest absolute Gasteiger partial charge is 0.391 e. The van der Waals surface area contributed by atoms with Crippen molar-refractivity contribution >= 4 is 41.4 Å². The highest BCUT2D eigenvalue weighted by molar-refractivity contribution is 5.96. The Kier molecular flexibility index (Phi) is 22.2. The van der Waals surface area contributed by atoms with E-state index >= 15 is 0 Å². The largest absolute Gasteiger partial charge is 0.507 e. The van der Waals surface area contributed by atoms with Crippen LogP contribution in [0.3, 0.4) is 0 Å². The molecule has 0 spiro atoms. The molecule has 0 aromatic heterocycles. The molecule has 366 valence electrons. The number of unbranched alkanes of at least 4 members (excludes halogenated alkanes) is 12. The average molecular weight is 935 g/mol. The number of aliphatic hydroxyl groups is 1. The molecule has 4 unspecified atom stereocenters. The number of aliphatic hydroxyl groups excluding tert-OH is 1. The lowest BCUT2D eigenvalue weighted by Crippen LogP contribution is -2.55. The van der Waals surface area contributed by atoms with Crippen molar-refractivity contribution in [3.63, 3.8) is 0 Å². The van der Waals surface area contributed by atoms with Crippen LogP contribution in [0, 0.1) is 0 Å². The Morgan fingerprint density at radius 3 is 1.88 bits per heavy atom. The lowest BCUT2D eigenvalue weighted by atomic mass is 9.93. The normalized spacial score (nSPS) is 16.8. The highest BCUT2D eigenvalue weighted by Gasteiger charge is 2.40. The highest BCUT2D eigenvalue weighted by atomic mass is 19.4. The minimum Gasteiger partial charge on any atom is -0.507 e. The number of rotatable bonds is 24. The van der Waals surface area contributed by atoms with Gasteiger partial charge in [-0.2, -0.15) is 13.2 Å². The number of nitrogens with one attached hydrogen (secondary N) is 4. The first-order chi connectivity index (χ1) is 31.3. The number of carbonyl (C=O) groups is 7. The van der Waals surface area contributed by atoms with Crippen LogP contribution in [0.15, 0.2) is 36.4 Å². The molecule has 66 heavy (non-hydrogen) atoms. The Bertz CT molecular complexity index is 1980. The maximum Gasteiger partial charge on any atom is 0.391 e. The monoisotopic (exact) mass is 934 g/mol. The van der Waals surface area contributed by atoms with E-state index in [2.05, 4.69) is 17.6 Å². The molecule has 2 aromatic rings. The van der Waals surface area contributed by atoms with Crippen molar-refractivity contribution < 1.29 is 67.2 Å². The fourth-order valence-electron chi connectivity index (χ4n) is 7.63. The number of fused-ring (bicyclic) bond motifs is 5. The summed E-state index contributed by atoms with van der Waals surface area (Å²) in [6.45, 7) is -0.0601. The molecule has 1 heterocycles. The van der Waals surface area contributed by atoms with Gasteiger partial charge in [0.05, 0.1) is 26.1 Å². The number of carboxylic acids is 1. The SMILES string of the molecule is CCCCCCCCCCCCCCCC(=O)N(C)C(CO)C(=O)NCC(=O)NCC(=O)N(C)C1C(=O)NC(CC(F)(F)F)C(=O)NC(C(=O)O)Cc2ccc(O)c(c2)-c2cc1ccc2O. The van der Waals surface area contributed by atoms with Gasteiger partial charge in [0.1, 0.15) is 35.7 Å². The summed E-state index contributed by atoms with van der Waals surface area (Å²) in [5.41, 5.74) is -0.0841. The number of likely N-dealkylation sites (N-methyl/N-ethyl adjacent to an activating group) is 2. The number of alkyl halides is 3. The molecule has 1 aliphatic heterocycles. The number of amides is 6. The van der Waals surface area contributed by atoms with Crippen LogP contribution in [0.25, 0.3) is 11.1 Å². The van der Waals surface area contributed by atoms with E-state index in [1.54, 1.807) is 0 Å². The number of hydrogen-bond donors (Lipinski definition) is 8. The van der Waals surface area contributed by atoms with E-state index in [1.807, 2.05) is 10.6 Å². The Morgan fingerprint density at radius 2 is 1.32 bits per heavy atom. The third-order valence-corrected chi connectivity index (χ3v) is 11.5. The van der Waals surface area contributed by atoms with Crippen molar-refractivity contribution in [3.8, 4) is 22.6 Å². The van der Waals surface area contributed by atoms with Gasteiger partial charge in [-0.3, -0.25) is 28.8 Å². The van der Waals surface area contributed by atoms with Crippen LogP contribution in [-0.4, -0.2) is 130 Å². The molecule has 0 saturated carbocycles. The van der Waals surface area contributed by atoms with Crippen LogP contribution < -0.4 is 21.3 Å². The number of carboxylic acid groups (broad SMARTS) is 1. The van der Waals surface area contributed by atoms with Crippen LogP contribution in [0.4, 0.5) is 13.2 Å². The summed E-state index contributed by atoms with van der Waals surface area (Å²) >= 11 is 0. The maximum atomic E-state index is 13.9. The summed E-state index contributed by atoms with van der Waals surface area (Å²) < 4.78 is 41.3. The van der Waals surface area contributed by atoms with Gasteiger partial charge in [-0.25, -0.2) is 4.79 Å². The highest BCUT2D eigenvalue weighted by Crippen LogP contribution is 2.39. The summed E-state index contributed by atoms with van der Waals surface area (Å²) in [5.74, 6) is -8.40. The van der Waals surface area contributed by atoms with Gasteiger partial charge < -0.3 is 51.5 Å². The van der Waals surface area contributed by atoms with Crippen LogP contribution in [0.5, 0.6) is 11.5 Å². The van der Waals surface area contributed by atoms with E-state index in [1.165, 1.54) is 88.7 Å². The van der Waals surface area contributed by atoms with E-state index < -0.39 is 110 Å². The Labute approximate surface area is 382 Å². The van der Waals surface area contributed by atoms with Crippen LogP contribution >= 0.6 is 0 Å². The molecule has 1 aliphatic rings. The molecule has 20 heteroatoms. The number of nitrogens with zero attached hydrogens (tertiary/aromatic N) is 2. The molecule has 6 amide bonds. The van der Waals surface area contributed by atoms with E-state index in [0.29, 0.717) is 6.42 Å². The first-order valence-corrected chi connectivity index (χ1v) is 22.5. The molecule has 0 aliphatic carbocycles. The van der Waals surface area contributed by atoms with Gasteiger partial charge in [-0.05, 0) is 41.8 Å². The van der Waals surface area contributed by atoms with E-state index in [4.69, 9.17) is 0 Å². The van der Waals surface area contributed by atoms with Gasteiger partial charge >= 0.3 is 12.1 Å². The molecular formula is C46H65F3N6O11. The zero-order valence-electron chi connectivity index (χ0n) is 37.9. The molecule has 0 fully saturated rings. The van der Waals surface area contributed by atoms with Crippen LogP contribution in [0.1, 0.15) is 120 Å².